The van der Waals surface area contributed by atoms with E-state index in [0.29, 0.717) is 47.3 Å². The molecule has 180 valence electrons. The first-order valence-electron chi connectivity index (χ1n) is 11.6. The predicted octanol–water partition coefficient (Wildman–Crippen LogP) is 3.97. The molecule has 0 bridgehead atoms. The normalized spacial score (nSPS) is 16.8. The minimum atomic E-state index is -0.294. The van der Waals surface area contributed by atoms with Crippen LogP contribution in [0.25, 0.3) is 21.0 Å². The lowest BCUT2D eigenvalue weighted by Crippen LogP contribution is -2.24. The zero-order valence-electron chi connectivity index (χ0n) is 19.2. The lowest BCUT2D eigenvalue weighted by Gasteiger charge is -2.13. The quantitative estimate of drug-likeness (QED) is 0.438. The van der Waals surface area contributed by atoms with E-state index in [1.54, 1.807) is 11.6 Å². The highest BCUT2D eigenvalue weighted by atomic mass is 32.1. The minimum Gasteiger partial charge on any atom is -0.488 e. The molecule has 1 amide bonds. The molecule has 35 heavy (non-hydrogen) atoms. The second-order valence-electron chi connectivity index (χ2n) is 8.66. The van der Waals surface area contributed by atoms with Gasteiger partial charge in [0.2, 0.25) is 6.79 Å². The second kappa shape index (κ2) is 8.90. The number of fused-ring (bicyclic) bond motifs is 4. The zero-order chi connectivity index (χ0) is 23.9. The molecule has 2 aliphatic rings. The molecule has 9 heteroatoms. The molecule has 2 aliphatic heterocycles. The van der Waals surface area contributed by atoms with Gasteiger partial charge >= 0.3 is 0 Å². The molecular formula is C26H24N2O6S. The van der Waals surface area contributed by atoms with Gasteiger partial charge in [-0.05, 0) is 36.6 Å². The number of amides is 1. The van der Waals surface area contributed by atoms with Gasteiger partial charge in [0, 0.05) is 25.6 Å². The Kier molecular flexibility index (Phi) is 5.58. The van der Waals surface area contributed by atoms with E-state index in [1.807, 2.05) is 42.5 Å². The maximum atomic E-state index is 13.4. The number of para-hydroxylation sites is 1. The summed E-state index contributed by atoms with van der Waals surface area (Å²) in [5.74, 6) is 1.39. The molecule has 1 saturated heterocycles. The van der Waals surface area contributed by atoms with Crippen LogP contribution in [0.5, 0.6) is 17.2 Å². The summed E-state index contributed by atoms with van der Waals surface area (Å²) < 4.78 is 25.0. The Hall–Kier alpha value is -3.56. The molecule has 2 aromatic carbocycles. The van der Waals surface area contributed by atoms with E-state index in [-0.39, 0.29) is 24.4 Å². The van der Waals surface area contributed by atoms with E-state index in [2.05, 4.69) is 5.32 Å². The summed E-state index contributed by atoms with van der Waals surface area (Å²) in [7, 11) is 1.74. The van der Waals surface area contributed by atoms with E-state index in [0.717, 1.165) is 34.0 Å². The molecule has 4 heterocycles. The van der Waals surface area contributed by atoms with E-state index in [4.69, 9.17) is 18.9 Å². The maximum absolute atomic E-state index is 13.4. The molecule has 2 aromatic heterocycles. The number of aromatic nitrogens is 1. The van der Waals surface area contributed by atoms with Crippen LogP contribution in [-0.2, 0) is 18.3 Å². The number of carbonyl (C=O) groups is 1. The Bertz CT molecular complexity index is 1500. The van der Waals surface area contributed by atoms with Crippen molar-refractivity contribution in [2.24, 2.45) is 7.05 Å². The molecule has 4 aromatic rings. The van der Waals surface area contributed by atoms with Gasteiger partial charge in [-0.25, -0.2) is 0 Å². The van der Waals surface area contributed by atoms with Crippen molar-refractivity contribution in [2.75, 3.05) is 20.0 Å². The van der Waals surface area contributed by atoms with Crippen LogP contribution in [0, 0.1) is 0 Å². The van der Waals surface area contributed by atoms with E-state index < -0.39 is 0 Å². The first-order chi connectivity index (χ1) is 17.1. The number of carbonyl (C=O) groups excluding carboxylic acids is 1. The Labute approximate surface area is 205 Å². The van der Waals surface area contributed by atoms with Crippen molar-refractivity contribution in [3.8, 4) is 17.2 Å². The van der Waals surface area contributed by atoms with Crippen LogP contribution in [0.4, 0.5) is 0 Å². The van der Waals surface area contributed by atoms with Crippen LogP contribution in [0.3, 0.4) is 0 Å². The summed E-state index contributed by atoms with van der Waals surface area (Å²) in [5.41, 5.74) is 1.50. The van der Waals surface area contributed by atoms with Crippen molar-refractivity contribution < 1.29 is 23.7 Å². The number of ether oxygens (including phenoxy) is 4. The molecule has 6 rings (SSSR count). The number of rotatable bonds is 6. The minimum absolute atomic E-state index is 0.0428. The fourth-order valence-electron chi connectivity index (χ4n) is 4.59. The highest BCUT2D eigenvalue weighted by molar-refractivity contribution is 7.22. The third kappa shape index (κ3) is 3.90. The van der Waals surface area contributed by atoms with Crippen molar-refractivity contribution in [1.82, 2.24) is 9.88 Å². The molecule has 0 aliphatic carbocycles. The Morgan fingerprint density at radius 2 is 2.06 bits per heavy atom. The van der Waals surface area contributed by atoms with Crippen LogP contribution in [-0.4, -0.2) is 36.6 Å². The first kappa shape index (κ1) is 21.9. The van der Waals surface area contributed by atoms with E-state index in [1.165, 1.54) is 11.3 Å². The lowest BCUT2D eigenvalue weighted by molar-refractivity contribution is 0.0678. The van der Waals surface area contributed by atoms with Crippen molar-refractivity contribution in [1.29, 1.82) is 0 Å². The van der Waals surface area contributed by atoms with Gasteiger partial charge in [0.1, 0.15) is 16.9 Å². The summed E-state index contributed by atoms with van der Waals surface area (Å²) in [4.78, 5) is 27.2. The highest BCUT2D eigenvalue weighted by Crippen LogP contribution is 2.40. The molecule has 0 radical (unpaired) electrons. The predicted molar refractivity (Wildman–Crippen MR) is 133 cm³/mol. The molecule has 0 spiro atoms. The SMILES string of the molecule is Cn1c(=O)c2c(OCC3CCCO3)c(C(=O)NCc3ccc4c(c3)OCO4)sc2c2ccccc21. The fraction of sp³-hybridized carbons (Fsp3) is 0.308. The van der Waals surface area contributed by atoms with Crippen molar-refractivity contribution >= 4 is 38.2 Å². The summed E-state index contributed by atoms with van der Waals surface area (Å²) in [5, 5.41) is 4.31. The van der Waals surface area contributed by atoms with Crippen molar-refractivity contribution in [3.63, 3.8) is 0 Å². The number of nitrogens with zero attached hydrogens (tertiary/aromatic N) is 1. The summed E-state index contributed by atoms with van der Waals surface area (Å²) in [6.45, 7) is 1.49. The van der Waals surface area contributed by atoms with Crippen molar-refractivity contribution in [3.05, 3.63) is 63.3 Å². The number of hydrogen-bond acceptors (Lipinski definition) is 7. The topological polar surface area (TPSA) is 88.0 Å². The molecular weight excluding hydrogens is 468 g/mol. The van der Waals surface area contributed by atoms with Gasteiger partial charge in [0.25, 0.3) is 11.5 Å². The van der Waals surface area contributed by atoms with Gasteiger partial charge in [-0.1, -0.05) is 24.3 Å². The maximum Gasteiger partial charge on any atom is 0.265 e. The van der Waals surface area contributed by atoms with E-state index >= 15 is 0 Å². The van der Waals surface area contributed by atoms with E-state index in [9.17, 15) is 9.59 Å². The molecule has 8 nitrogen and oxygen atoms in total. The fourth-order valence-corrected chi connectivity index (χ4v) is 5.78. The number of nitrogens with one attached hydrogen (secondary N) is 1. The van der Waals surface area contributed by atoms with Gasteiger partial charge in [0.05, 0.1) is 16.3 Å². The number of aryl methyl sites for hydroxylation is 1. The monoisotopic (exact) mass is 492 g/mol. The Balaban J connectivity index is 1.38. The molecule has 1 N–H and O–H groups in total. The van der Waals surface area contributed by atoms with Crippen LogP contribution in [0.1, 0.15) is 28.1 Å². The summed E-state index contributed by atoms with van der Waals surface area (Å²) in [6.07, 6.45) is 1.83. The second-order valence-corrected chi connectivity index (χ2v) is 9.68. The van der Waals surface area contributed by atoms with Gasteiger partial charge < -0.3 is 28.8 Å². The van der Waals surface area contributed by atoms with Crippen molar-refractivity contribution in [2.45, 2.75) is 25.5 Å². The standard InChI is InChI=1S/C26H24N2O6S/c1-28-18-7-3-2-6-17(18)23-21(26(28)30)22(32-13-16-5-4-10-31-16)24(35-23)25(29)27-12-15-8-9-19-20(11-15)34-14-33-19/h2-3,6-9,11,16H,4-5,10,12-14H2,1H3,(H,27,29). The molecule has 1 unspecified atom stereocenters. The Morgan fingerprint density at radius 3 is 2.91 bits per heavy atom. The van der Waals surface area contributed by atoms with Gasteiger partial charge in [-0.2, -0.15) is 0 Å². The van der Waals surface area contributed by atoms with Gasteiger partial charge in [-0.15, -0.1) is 11.3 Å². The smallest absolute Gasteiger partial charge is 0.265 e. The van der Waals surface area contributed by atoms with Crippen LogP contribution in [0.2, 0.25) is 0 Å². The number of thiophene rings is 1. The van der Waals surface area contributed by atoms with Crippen LogP contribution in [0.15, 0.2) is 47.3 Å². The molecule has 0 saturated carbocycles. The number of pyridine rings is 1. The van der Waals surface area contributed by atoms with Crippen LogP contribution >= 0.6 is 11.3 Å². The number of hydrogen-bond donors (Lipinski definition) is 1. The third-order valence-electron chi connectivity index (χ3n) is 6.43. The molecule has 1 fully saturated rings. The summed E-state index contributed by atoms with van der Waals surface area (Å²) >= 11 is 1.29. The van der Waals surface area contributed by atoms with Gasteiger partial charge in [-0.3, -0.25) is 9.59 Å². The summed E-state index contributed by atoms with van der Waals surface area (Å²) in [6, 6.07) is 13.3. The van der Waals surface area contributed by atoms with Crippen LogP contribution < -0.4 is 25.1 Å². The van der Waals surface area contributed by atoms with Gasteiger partial charge in [0.15, 0.2) is 17.2 Å². The zero-order valence-corrected chi connectivity index (χ0v) is 20.0. The number of benzene rings is 2. The first-order valence-corrected chi connectivity index (χ1v) is 12.4. The molecule has 1 atom stereocenters. The lowest BCUT2D eigenvalue weighted by atomic mass is 10.1. The Morgan fingerprint density at radius 1 is 1.20 bits per heavy atom. The largest absolute Gasteiger partial charge is 0.488 e. The average Bonchev–Trinajstić information content (AvgIpc) is 3.64. The highest BCUT2D eigenvalue weighted by Gasteiger charge is 2.26. The average molecular weight is 493 g/mol. The third-order valence-corrected chi connectivity index (χ3v) is 7.63.